The predicted octanol–water partition coefficient (Wildman–Crippen LogP) is 5.88. The number of nitrogens with zero attached hydrogens (tertiary/aromatic N) is 2. The van der Waals surface area contributed by atoms with E-state index in [9.17, 15) is 4.79 Å². The molecular formula is C24H35N3O3. The highest BCUT2D eigenvalue weighted by Gasteiger charge is 2.26. The summed E-state index contributed by atoms with van der Waals surface area (Å²) in [5.41, 5.74) is 6.79. The first-order valence-corrected chi connectivity index (χ1v) is 11.2. The van der Waals surface area contributed by atoms with E-state index >= 15 is 0 Å². The number of aromatic nitrogens is 2. The van der Waals surface area contributed by atoms with E-state index < -0.39 is 5.60 Å². The molecular weight excluding hydrogens is 378 g/mol. The number of ether oxygens (including phenoxy) is 1. The molecule has 0 amide bonds. The van der Waals surface area contributed by atoms with Gasteiger partial charge in [-0.3, -0.25) is 4.79 Å². The Labute approximate surface area is 179 Å². The fourth-order valence-corrected chi connectivity index (χ4v) is 4.18. The van der Waals surface area contributed by atoms with Gasteiger partial charge in [0.1, 0.15) is 5.60 Å². The number of anilines is 1. The maximum Gasteiger partial charge on any atom is 0.307 e. The van der Waals surface area contributed by atoms with Crippen LogP contribution in [0.3, 0.4) is 0 Å². The summed E-state index contributed by atoms with van der Waals surface area (Å²) >= 11 is 0. The number of nitrogen functional groups attached to an aromatic ring is 1. The Morgan fingerprint density at radius 1 is 1.20 bits per heavy atom. The summed E-state index contributed by atoms with van der Waals surface area (Å²) in [5, 5.41) is 4.14. The highest BCUT2D eigenvalue weighted by atomic mass is 16.6. The van der Waals surface area contributed by atoms with E-state index in [1.807, 2.05) is 45.0 Å². The zero-order valence-corrected chi connectivity index (χ0v) is 18.5. The lowest BCUT2D eigenvalue weighted by atomic mass is 9.84. The minimum Gasteiger partial charge on any atom is -0.460 e. The van der Waals surface area contributed by atoms with Gasteiger partial charge in [-0.1, -0.05) is 50.1 Å². The molecule has 1 aromatic carbocycles. The molecule has 0 aliphatic heterocycles. The summed E-state index contributed by atoms with van der Waals surface area (Å²) < 4.78 is 11.1. The molecule has 1 aromatic heterocycles. The van der Waals surface area contributed by atoms with Crippen LogP contribution in [0.4, 0.5) is 5.69 Å². The van der Waals surface area contributed by atoms with E-state index in [0.717, 1.165) is 24.3 Å². The number of rotatable bonds is 8. The van der Waals surface area contributed by atoms with Crippen molar-refractivity contribution in [3.63, 3.8) is 0 Å². The van der Waals surface area contributed by atoms with Gasteiger partial charge in [-0.2, -0.15) is 4.98 Å². The van der Waals surface area contributed by atoms with Crippen molar-refractivity contribution in [1.29, 1.82) is 0 Å². The van der Waals surface area contributed by atoms with Crippen molar-refractivity contribution < 1.29 is 14.1 Å². The van der Waals surface area contributed by atoms with Crippen LogP contribution in [-0.2, 0) is 9.53 Å². The number of esters is 1. The van der Waals surface area contributed by atoms with Crippen LogP contribution in [0.5, 0.6) is 0 Å². The van der Waals surface area contributed by atoms with E-state index in [-0.39, 0.29) is 18.3 Å². The molecule has 0 unspecified atom stereocenters. The minimum absolute atomic E-state index is 0.126. The van der Waals surface area contributed by atoms with Gasteiger partial charge in [0.2, 0.25) is 11.7 Å². The van der Waals surface area contributed by atoms with Gasteiger partial charge in [-0.15, -0.1) is 0 Å². The molecule has 1 fully saturated rings. The molecule has 6 heteroatoms. The zero-order valence-electron chi connectivity index (χ0n) is 18.5. The van der Waals surface area contributed by atoms with E-state index in [2.05, 4.69) is 10.1 Å². The fraction of sp³-hybridized carbons (Fsp3) is 0.625. The molecule has 1 saturated carbocycles. The molecule has 6 nitrogen and oxygen atoms in total. The van der Waals surface area contributed by atoms with E-state index in [4.69, 9.17) is 15.0 Å². The summed E-state index contributed by atoms with van der Waals surface area (Å²) in [6, 6.07) is 7.37. The summed E-state index contributed by atoms with van der Waals surface area (Å²) in [6.45, 7) is 5.65. The fourth-order valence-electron chi connectivity index (χ4n) is 4.18. The van der Waals surface area contributed by atoms with Crippen LogP contribution in [0.15, 0.2) is 28.8 Å². The van der Waals surface area contributed by atoms with Crippen molar-refractivity contribution in [3.8, 4) is 11.4 Å². The number of hydrogen-bond acceptors (Lipinski definition) is 6. The number of benzene rings is 1. The lowest BCUT2D eigenvalue weighted by molar-refractivity contribution is -0.155. The number of carbonyl (C=O) groups is 1. The summed E-state index contributed by atoms with van der Waals surface area (Å²) in [7, 11) is 0. The Balaban J connectivity index is 1.67. The molecule has 3 rings (SSSR count). The van der Waals surface area contributed by atoms with Gasteiger partial charge >= 0.3 is 5.97 Å². The maximum absolute atomic E-state index is 12.5. The van der Waals surface area contributed by atoms with Gasteiger partial charge < -0.3 is 15.0 Å². The van der Waals surface area contributed by atoms with Crippen LogP contribution >= 0.6 is 0 Å². The first-order valence-electron chi connectivity index (χ1n) is 11.2. The Kier molecular flexibility index (Phi) is 7.51. The molecule has 2 N–H and O–H groups in total. The molecule has 1 aliphatic rings. The van der Waals surface area contributed by atoms with Crippen LogP contribution in [0, 0.1) is 5.92 Å². The van der Waals surface area contributed by atoms with E-state index in [0.29, 0.717) is 17.4 Å². The molecule has 30 heavy (non-hydrogen) atoms. The lowest BCUT2D eigenvalue weighted by Gasteiger charge is -2.23. The average molecular weight is 414 g/mol. The van der Waals surface area contributed by atoms with Gasteiger partial charge in [-0.05, 0) is 57.4 Å². The van der Waals surface area contributed by atoms with Crippen molar-refractivity contribution in [1.82, 2.24) is 10.1 Å². The summed E-state index contributed by atoms with van der Waals surface area (Å²) in [6.07, 6.45) is 10.1. The Bertz CT molecular complexity index is 802. The quantitative estimate of drug-likeness (QED) is 0.429. The van der Waals surface area contributed by atoms with E-state index in [1.165, 1.54) is 38.5 Å². The smallest absolute Gasteiger partial charge is 0.307 e. The second kappa shape index (κ2) is 10.1. The van der Waals surface area contributed by atoms with Crippen LogP contribution in [0.2, 0.25) is 0 Å². The number of nitrogens with two attached hydrogens (primary N) is 1. The molecule has 0 saturated heterocycles. The maximum atomic E-state index is 12.5. The van der Waals surface area contributed by atoms with Crippen molar-refractivity contribution >= 4 is 11.7 Å². The van der Waals surface area contributed by atoms with Crippen LogP contribution in [0.25, 0.3) is 11.4 Å². The molecule has 1 atom stereocenters. The zero-order chi connectivity index (χ0) is 21.6. The van der Waals surface area contributed by atoms with Crippen molar-refractivity contribution in [2.24, 2.45) is 5.92 Å². The Hall–Kier alpha value is -2.37. The lowest BCUT2D eigenvalue weighted by Crippen LogP contribution is -2.25. The number of hydrogen-bond donors (Lipinski definition) is 1. The molecule has 0 bridgehead atoms. The van der Waals surface area contributed by atoms with Gasteiger partial charge in [-0.25, -0.2) is 0 Å². The van der Waals surface area contributed by atoms with Crippen molar-refractivity contribution in [2.75, 3.05) is 5.73 Å². The van der Waals surface area contributed by atoms with Gasteiger partial charge in [0, 0.05) is 17.2 Å². The third-order valence-corrected chi connectivity index (χ3v) is 5.68. The molecule has 2 aromatic rings. The van der Waals surface area contributed by atoms with Crippen LogP contribution in [0.1, 0.15) is 90.4 Å². The molecule has 1 heterocycles. The van der Waals surface area contributed by atoms with Gasteiger partial charge in [0.25, 0.3) is 0 Å². The standard InChI is InChI=1S/C24H35N3O3/c1-24(2,3)29-21(28)16-19(11-7-10-17-8-5-4-6-9-17)23-26-22(27-30-23)18-12-14-20(25)15-13-18/h12-15,17,19H,4-11,16,25H2,1-3H3/t19-/m0/s1. The van der Waals surface area contributed by atoms with Crippen LogP contribution < -0.4 is 5.73 Å². The third kappa shape index (κ3) is 6.85. The SMILES string of the molecule is CC(C)(C)OC(=O)C[C@H](CCCC1CCCCC1)c1nc(-c2ccc(N)cc2)no1. The predicted molar refractivity (Wildman–Crippen MR) is 118 cm³/mol. The van der Waals surface area contributed by atoms with Gasteiger partial charge in [0.15, 0.2) is 0 Å². The normalized spacial score (nSPS) is 16.4. The first kappa shape index (κ1) is 22.3. The Morgan fingerprint density at radius 2 is 1.90 bits per heavy atom. The largest absolute Gasteiger partial charge is 0.460 e. The summed E-state index contributed by atoms with van der Waals surface area (Å²) in [5.74, 6) is 1.49. The van der Waals surface area contributed by atoms with Crippen molar-refractivity contribution in [3.05, 3.63) is 30.2 Å². The van der Waals surface area contributed by atoms with E-state index in [1.54, 1.807) is 0 Å². The summed E-state index contributed by atoms with van der Waals surface area (Å²) in [4.78, 5) is 17.1. The second-order valence-electron chi connectivity index (χ2n) is 9.50. The first-order chi connectivity index (χ1) is 14.3. The monoisotopic (exact) mass is 413 g/mol. The average Bonchev–Trinajstić information content (AvgIpc) is 3.17. The number of carbonyl (C=O) groups excluding carboxylic acids is 1. The molecule has 164 valence electrons. The topological polar surface area (TPSA) is 91.2 Å². The molecule has 0 radical (unpaired) electrons. The minimum atomic E-state index is -0.506. The highest BCUT2D eigenvalue weighted by molar-refractivity contribution is 5.70. The Morgan fingerprint density at radius 3 is 2.57 bits per heavy atom. The van der Waals surface area contributed by atoms with Crippen molar-refractivity contribution in [2.45, 2.75) is 90.1 Å². The molecule has 0 spiro atoms. The highest BCUT2D eigenvalue weighted by Crippen LogP contribution is 2.32. The second-order valence-corrected chi connectivity index (χ2v) is 9.50. The van der Waals surface area contributed by atoms with Crippen LogP contribution in [-0.4, -0.2) is 21.7 Å². The molecule has 1 aliphatic carbocycles. The van der Waals surface area contributed by atoms with Gasteiger partial charge in [0.05, 0.1) is 6.42 Å². The third-order valence-electron chi connectivity index (χ3n) is 5.68.